The third-order valence-electron chi connectivity index (χ3n) is 3.54. The maximum atomic E-state index is 11.7. The first-order valence-corrected chi connectivity index (χ1v) is 6.46. The Morgan fingerprint density at radius 2 is 1.73 bits per heavy atom. The first-order chi connectivity index (χ1) is 7.16. The summed E-state index contributed by atoms with van der Waals surface area (Å²) < 4.78 is 0. The Labute approximate surface area is 92.8 Å². The van der Waals surface area contributed by atoms with Crippen molar-refractivity contribution in [2.45, 2.75) is 58.4 Å². The van der Waals surface area contributed by atoms with Crippen LogP contribution in [0.2, 0.25) is 0 Å². The van der Waals surface area contributed by atoms with Gasteiger partial charge in [-0.25, -0.2) is 0 Å². The van der Waals surface area contributed by atoms with Crippen molar-refractivity contribution >= 4 is 5.91 Å². The predicted molar refractivity (Wildman–Crippen MR) is 61.5 cm³/mol. The number of rotatable bonds is 6. The molecule has 2 aliphatic carbocycles. The fraction of sp³-hybridized carbons (Fsp3) is 0.923. The van der Waals surface area contributed by atoms with E-state index in [0.717, 1.165) is 18.3 Å². The molecular formula is C13H23NO. The van der Waals surface area contributed by atoms with Crippen molar-refractivity contribution in [3.63, 3.8) is 0 Å². The average molecular weight is 209 g/mol. The third-order valence-corrected chi connectivity index (χ3v) is 3.54. The minimum absolute atomic E-state index is 0.285. The number of carbonyl (C=O) groups is 1. The molecule has 0 radical (unpaired) electrons. The van der Waals surface area contributed by atoms with Gasteiger partial charge in [0.25, 0.3) is 0 Å². The van der Waals surface area contributed by atoms with Crippen LogP contribution in [0.3, 0.4) is 0 Å². The zero-order chi connectivity index (χ0) is 10.8. The molecule has 2 nitrogen and oxygen atoms in total. The van der Waals surface area contributed by atoms with Crippen LogP contribution in [0.25, 0.3) is 0 Å². The molecule has 2 fully saturated rings. The summed E-state index contributed by atoms with van der Waals surface area (Å²) in [6.07, 6.45) is 7.09. The van der Waals surface area contributed by atoms with E-state index in [1.165, 1.54) is 25.7 Å². The maximum absolute atomic E-state index is 11.7. The van der Waals surface area contributed by atoms with Gasteiger partial charge in [-0.1, -0.05) is 13.8 Å². The number of hydrogen-bond donors (Lipinski definition) is 1. The zero-order valence-corrected chi connectivity index (χ0v) is 9.96. The molecule has 2 saturated carbocycles. The van der Waals surface area contributed by atoms with Crippen LogP contribution in [-0.2, 0) is 4.79 Å². The van der Waals surface area contributed by atoms with Gasteiger partial charge < -0.3 is 5.32 Å². The first-order valence-electron chi connectivity index (χ1n) is 6.46. The first kappa shape index (κ1) is 11.0. The molecule has 0 bridgehead atoms. The molecule has 0 aliphatic heterocycles. The topological polar surface area (TPSA) is 29.1 Å². The van der Waals surface area contributed by atoms with Gasteiger partial charge in [-0.15, -0.1) is 0 Å². The smallest absolute Gasteiger partial charge is 0.220 e. The van der Waals surface area contributed by atoms with Gasteiger partial charge in [0.05, 0.1) is 0 Å². The summed E-state index contributed by atoms with van der Waals surface area (Å²) in [6.45, 7) is 4.35. The quantitative estimate of drug-likeness (QED) is 0.716. The molecule has 0 atom stereocenters. The Kier molecular flexibility index (Phi) is 3.32. The summed E-state index contributed by atoms with van der Waals surface area (Å²) in [5, 5.41) is 3.26. The summed E-state index contributed by atoms with van der Waals surface area (Å²) in [6, 6.07) is 0.532. The van der Waals surface area contributed by atoms with Crippen LogP contribution in [0.15, 0.2) is 0 Å². The maximum Gasteiger partial charge on any atom is 0.220 e. The van der Waals surface area contributed by atoms with Crippen LogP contribution in [-0.4, -0.2) is 11.9 Å². The molecule has 15 heavy (non-hydrogen) atoms. The van der Waals surface area contributed by atoms with Gasteiger partial charge in [0.2, 0.25) is 5.91 Å². The van der Waals surface area contributed by atoms with Crippen LogP contribution in [0, 0.1) is 17.8 Å². The molecule has 2 rings (SSSR count). The van der Waals surface area contributed by atoms with Gasteiger partial charge >= 0.3 is 0 Å². The van der Waals surface area contributed by atoms with Gasteiger partial charge in [0, 0.05) is 12.5 Å². The van der Waals surface area contributed by atoms with Gasteiger partial charge in [0.1, 0.15) is 0 Å². The Hall–Kier alpha value is -0.530. The Morgan fingerprint density at radius 1 is 1.20 bits per heavy atom. The lowest BCUT2D eigenvalue weighted by molar-refractivity contribution is -0.122. The molecule has 1 N–H and O–H groups in total. The highest BCUT2D eigenvalue weighted by atomic mass is 16.1. The average Bonchev–Trinajstić information content (AvgIpc) is 3.02. The van der Waals surface area contributed by atoms with Crippen molar-refractivity contribution in [3.05, 3.63) is 0 Å². The van der Waals surface area contributed by atoms with E-state index < -0.39 is 0 Å². The number of carbonyl (C=O) groups excluding carboxylic acids is 1. The molecule has 0 unspecified atom stereocenters. The predicted octanol–water partition coefficient (Wildman–Crippen LogP) is 2.73. The van der Waals surface area contributed by atoms with Crippen molar-refractivity contribution in [1.82, 2.24) is 5.32 Å². The second-order valence-corrected chi connectivity index (χ2v) is 5.70. The third kappa shape index (κ3) is 3.51. The lowest BCUT2D eigenvalue weighted by Crippen LogP contribution is -2.38. The highest BCUT2D eigenvalue weighted by molar-refractivity contribution is 5.76. The van der Waals surface area contributed by atoms with E-state index in [1.807, 2.05) is 0 Å². The summed E-state index contributed by atoms with van der Waals surface area (Å²) in [5.41, 5.74) is 0. The molecule has 0 saturated heterocycles. The summed E-state index contributed by atoms with van der Waals surface area (Å²) in [4.78, 5) is 11.7. The molecule has 2 aliphatic rings. The van der Waals surface area contributed by atoms with E-state index in [-0.39, 0.29) is 5.91 Å². The molecule has 0 aromatic rings. The fourth-order valence-corrected chi connectivity index (χ4v) is 2.21. The van der Waals surface area contributed by atoms with Crippen LogP contribution >= 0.6 is 0 Å². The summed E-state index contributed by atoms with van der Waals surface area (Å²) >= 11 is 0. The highest BCUT2D eigenvalue weighted by Gasteiger charge is 2.41. The van der Waals surface area contributed by atoms with Crippen molar-refractivity contribution < 1.29 is 4.79 Å². The lowest BCUT2D eigenvalue weighted by atomic mass is 10.1. The molecule has 0 aromatic heterocycles. The minimum Gasteiger partial charge on any atom is -0.353 e. The number of amides is 1. The van der Waals surface area contributed by atoms with E-state index in [9.17, 15) is 4.79 Å². The van der Waals surface area contributed by atoms with Crippen molar-refractivity contribution in [2.75, 3.05) is 0 Å². The summed E-state index contributed by atoms with van der Waals surface area (Å²) in [7, 11) is 0. The van der Waals surface area contributed by atoms with Crippen LogP contribution in [0.1, 0.15) is 52.4 Å². The highest BCUT2D eigenvalue weighted by Crippen LogP contribution is 2.44. The second kappa shape index (κ2) is 4.54. The van der Waals surface area contributed by atoms with Gasteiger partial charge in [-0.3, -0.25) is 4.79 Å². The lowest BCUT2D eigenvalue weighted by Gasteiger charge is -2.17. The molecule has 1 amide bonds. The van der Waals surface area contributed by atoms with Crippen molar-refractivity contribution in [2.24, 2.45) is 17.8 Å². The van der Waals surface area contributed by atoms with E-state index in [1.54, 1.807) is 0 Å². The Bertz CT molecular complexity index is 217. The SMILES string of the molecule is CC(C)CCC(=O)NC(C1CC1)C1CC1. The van der Waals surface area contributed by atoms with E-state index in [0.29, 0.717) is 18.4 Å². The molecule has 0 heterocycles. The van der Waals surface area contributed by atoms with Crippen LogP contribution < -0.4 is 5.32 Å². The minimum atomic E-state index is 0.285. The normalized spacial score (nSPS) is 21.1. The van der Waals surface area contributed by atoms with Gasteiger partial charge in [-0.05, 0) is 49.9 Å². The number of hydrogen-bond acceptors (Lipinski definition) is 1. The molecular weight excluding hydrogens is 186 g/mol. The Morgan fingerprint density at radius 3 is 2.13 bits per heavy atom. The Balaban J connectivity index is 1.71. The second-order valence-electron chi connectivity index (χ2n) is 5.70. The van der Waals surface area contributed by atoms with E-state index in [4.69, 9.17) is 0 Å². The molecule has 2 heteroatoms. The molecule has 0 spiro atoms. The molecule has 0 aromatic carbocycles. The van der Waals surface area contributed by atoms with Crippen LogP contribution in [0.4, 0.5) is 0 Å². The standard InChI is InChI=1S/C13H23NO/c1-9(2)3-8-12(15)14-13(10-4-5-10)11-6-7-11/h9-11,13H,3-8H2,1-2H3,(H,14,15). The van der Waals surface area contributed by atoms with Crippen molar-refractivity contribution in [1.29, 1.82) is 0 Å². The zero-order valence-electron chi connectivity index (χ0n) is 9.96. The van der Waals surface area contributed by atoms with E-state index >= 15 is 0 Å². The van der Waals surface area contributed by atoms with E-state index in [2.05, 4.69) is 19.2 Å². The van der Waals surface area contributed by atoms with Gasteiger partial charge in [-0.2, -0.15) is 0 Å². The monoisotopic (exact) mass is 209 g/mol. The van der Waals surface area contributed by atoms with Crippen molar-refractivity contribution in [3.8, 4) is 0 Å². The fourth-order valence-electron chi connectivity index (χ4n) is 2.21. The van der Waals surface area contributed by atoms with Gasteiger partial charge in [0.15, 0.2) is 0 Å². The summed E-state index contributed by atoms with van der Waals surface area (Å²) in [5.74, 6) is 2.56. The largest absolute Gasteiger partial charge is 0.353 e. The number of nitrogens with one attached hydrogen (secondary N) is 1. The van der Waals surface area contributed by atoms with Crippen LogP contribution in [0.5, 0.6) is 0 Å². The molecule has 86 valence electrons.